The highest BCUT2D eigenvalue weighted by Gasteiger charge is 2.32. The standard InChI is InChI=1S/C22H26N6O2S/c1-26-12-15(11-23-26)22(30)28-8-3-2-6-19(28)20-24-18-7-9-27(13-16-5-4-10-31-16)14-17(18)21(29)25-20/h4-5,10-12,19H,2-3,6-9,13-14H2,1H3,(H,24,25,29). The number of nitrogens with one attached hydrogen (secondary N) is 1. The summed E-state index contributed by atoms with van der Waals surface area (Å²) >= 11 is 1.74. The summed E-state index contributed by atoms with van der Waals surface area (Å²) in [6.07, 6.45) is 6.85. The Kier molecular flexibility index (Phi) is 5.45. The smallest absolute Gasteiger partial charge is 0.257 e. The molecule has 3 aromatic rings. The molecule has 0 aromatic carbocycles. The van der Waals surface area contributed by atoms with Crippen molar-refractivity contribution >= 4 is 17.2 Å². The van der Waals surface area contributed by atoms with E-state index < -0.39 is 0 Å². The molecule has 2 aliphatic rings. The molecule has 3 aromatic heterocycles. The molecular weight excluding hydrogens is 412 g/mol. The number of rotatable bonds is 4. The van der Waals surface area contributed by atoms with E-state index in [-0.39, 0.29) is 17.5 Å². The van der Waals surface area contributed by atoms with E-state index in [2.05, 4.69) is 32.5 Å². The Morgan fingerprint density at radius 3 is 3.00 bits per heavy atom. The number of carbonyl (C=O) groups excluding carboxylic acids is 1. The van der Waals surface area contributed by atoms with Crippen LogP contribution < -0.4 is 5.56 Å². The Hall–Kier alpha value is -2.78. The van der Waals surface area contributed by atoms with Crippen molar-refractivity contribution in [2.45, 2.75) is 44.8 Å². The van der Waals surface area contributed by atoms with Gasteiger partial charge in [-0.3, -0.25) is 19.2 Å². The fraction of sp³-hybridized carbons (Fsp3) is 0.455. The molecule has 8 nitrogen and oxygen atoms in total. The van der Waals surface area contributed by atoms with Crippen molar-refractivity contribution in [2.75, 3.05) is 13.1 Å². The van der Waals surface area contributed by atoms with E-state index >= 15 is 0 Å². The number of hydrogen-bond donors (Lipinski definition) is 1. The molecule has 1 amide bonds. The molecule has 9 heteroatoms. The van der Waals surface area contributed by atoms with Crippen LogP contribution in [0.15, 0.2) is 34.7 Å². The van der Waals surface area contributed by atoms with Crippen molar-refractivity contribution < 1.29 is 4.79 Å². The van der Waals surface area contributed by atoms with Crippen LogP contribution >= 0.6 is 11.3 Å². The highest BCUT2D eigenvalue weighted by molar-refractivity contribution is 7.09. The minimum Gasteiger partial charge on any atom is -0.328 e. The van der Waals surface area contributed by atoms with Crippen LogP contribution in [0.3, 0.4) is 0 Å². The number of piperidine rings is 1. The number of likely N-dealkylation sites (tertiary alicyclic amines) is 1. The molecule has 162 valence electrons. The molecule has 0 aliphatic carbocycles. The largest absolute Gasteiger partial charge is 0.328 e. The van der Waals surface area contributed by atoms with Crippen LogP contribution in [-0.4, -0.2) is 48.5 Å². The van der Waals surface area contributed by atoms with Gasteiger partial charge < -0.3 is 9.88 Å². The van der Waals surface area contributed by atoms with Gasteiger partial charge in [0.15, 0.2) is 0 Å². The zero-order chi connectivity index (χ0) is 21.4. The zero-order valence-electron chi connectivity index (χ0n) is 17.6. The first-order valence-electron chi connectivity index (χ1n) is 10.7. The molecule has 0 bridgehead atoms. The van der Waals surface area contributed by atoms with Gasteiger partial charge in [-0.2, -0.15) is 5.10 Å². The quantitative estimate of drug-likeness (QED) is 0.676. The second kappa shape index (κ2) is 8.39. The lowest BCUT2D eigenvalue weighted by atomic mass is 9.99. The van der Waals surface area contributed by atoms with Crippen molar-refractivity contribution in [2.24, 2.45) is 7.05 Å². The third-order valence-electron chi connectivity index (χ3n) is 6.16. The average Bonchev–Trinajstić information content (AvgIpc) is 3.45. The minimum absolute atomic E-state index is 0.0553. The summed E-state index contributed by atoms with van der Waals surface area (Å²) in [5.74, 6) is 0.563. The lowest BCUT2D eigenvalue weighted by Crippen LogP contribution is -2.41. The number of fused-ring (bicyclic) bond motifs is 1. The van der Waals surface area contributed by atoms with Gasteiger partial charge in [0.05, 0.1) is 29.1 Å². The summed E-state index contributed by atoms with van der Waals surface area (Å²) in [4.78, 5) is 39.4. The van der Waals surface area contributed by atoms with Gasteiger partial charge in [-0.25, -0.2) is 4.98 Å². The maximum atomic E-state index is 13.1. The molecule has 1 saturated heterocycles. The van der Waals surface area contributed by atoms with Gasteiger partial charge in [0.2, 0.25) is 0 Å². The van der Waals surface area contributed by atoms with Crippen LogP contribution in [0, 0.1) is 0 Å². The molecule has 31 heavy (non-hydrogen) atoms. The Balaban J connectivity index is 1.39. The predicted molar refractivity (Wildman–Crippen MR) is 118 cm³/mol. The van der Waals surface area contributed by atoms with E-state index in [1.165, 1.54) is 4.88 Å². The van der Waals surface area contributed by atoms with Crippen LogP contribution in [0.2, 0.25) is 0 Å². The first-order chi connectivity index (χ1) is 15.1. The summed E-state index contributed by atoms with van der Waals surface area (Å²) in [5.41, 5.74) is 2.13. The number of aromatic nitrogens is 4. The van der Waals surface area contributed by atoms with Crippen LogP contribution in [0.1, 0.15) is 57.6 Å². The second-order valence-electron chi connectivity index (χ2n) is 8.33. The lowest BCUT2D eigenvalue weighted by molar-refractivity contribution is 0.0598. The number of aromatic amines is 1. The second-order valence-corrected chi connectivity index (χ2v) is 9.36. The van der Waals surface area contributed by atoms with E-state index in [9.17, 15) is 9.59 Å². The first kappa shape index (κ1) is 20.1. The fourth-order valence-corrected chi connectivity index (χ4v) is 5.32. The van der Waals surface area contributed by atoms with Gasteiger partial charge >= 0.3 is 0 Å². The maximum absolute atomic E-state index is 13.1. The molecule has 2 aliphatic heterocycles. The Morgan fingerprint density at radius 1 is 1.32 bits per heavy atom. The van der Waals surface area contributed by atoms with Crippen LogP contribution in [0.25, 0.3) is 0 Å². The van der Waals surface area contributed by atoms with E-state index in [1.807, 2.05) is 4.90 Å². The number of amides is 1. The minimum atomic E-state index is -0.205. The molecule has 5 heterocycles. The number of aryl methyl sites for hydroxylation is 1. The van der Waals surface area contributed by atoms with E-state index in [4.69, 9.17) is 4.98 Å². The summed E-state index contributed by atoms with van der Waals surface area (Å²) in [6.45, 7) is 3.00. The molecule has 1 fully saturated rings. The first-order valence-corrected chi connectivity index (χ1v) is 11.6. The van der Waals surface area contributed by atoms with Crippen LogP contribution in [0.4, 0.5) is 0 Å². The number of hydrogen-bond acceptors (Lipinski definition) is 6. The van der Waals surface area contributed by atoms with Gasteiger partial charge in [0.1, 0.15) is 5.82 Å². The molecule has 1 unspecified atom stereocenters. The molecular formula is C22H26N6O2S. The number of H-pyrrole nitrogens is 1. The van der Waals surface area contributed by atoms with E-state index in [0.29, 0.717) is 24.5 Å². The van der Waals surface area contributed by atoms with Crippen molar-refractivity contribution in [1.29, 1.82) is 0 Å². The topological polar surface area (TPSA) is 87.1 Å². The van der Waals surface area contributed by atoms with Crippen molar-refractivity contribution in [3.05, 3.63) is 67.8 Å². The highest BCUT2D eigenvalue weighted by Crippen LogP contribution is 2.30. The van der Waals surface area contributed by atoms with Gasteiger partial charge in [0, 0.05) is 50.7 Å². The summed E-state index contributed by atoms with van der Waals surface area (Å²) < 4.78 is 1.63. The monoisotopic (exact) mass is 438 g/mol. The normalized spacial score (nSPS) is 19.4. The molecule has 1 N–H and O–H groups in total. The van der Waals surface area contributed by atoms with E-state index in [0.717, 1.165) is 50.0 Å². The molecule has 1 atom stereocenters. The van der Waals surface area contributed by atoms with Gasteiger partial charge in [-0.05, 0) is 30.7 Å². The average molecular weight is 439 g/mol. The van der Waals surface area contributed by atoms with Gasteiger partial charge in [0.25, 0.3) is 11.5 Å². The maximum Gasteiger partial charge on any atom is 0.257 e. The van der Waals surface area contributed by atoms with Crippen LogP contribution in [0.5, 0.6) is 0 Å². The number of nitrogens with zero attached hydrogens (tertiary/aromatic N) is 5. The van der Waals surface area contributed by atoms with Gasteiger partial charge in [-0.1, -0.05) is 6.07 Å². The Morgan fingerprint density at radius 2 is 2.23 bits per heavy atom. The lowest BCUT2D eigenvalue weighted by Gasteiger charge is -2.35. The molecule has 0 radical (unpaired) electrons. The number of thiophene rings is 1. The Bertz CT molecular complexity index is 1140. The van der Waals surface area contributed by atoms with Crippen LogP contribution in [-0.2, 0) is 26.6 Å². The SMILES string of the molecule is Cn1cc(C(=O)N2CCCCC2c2nc3c(c(=O)[nH]2)CN(Cc2cccs2)CC3)cn1. The zero-order valence-corrected chi connectivity index (χ0v) is 18.4. The van der Waals surface area contributed by atoms with Crippen molar-refractivity contribution in [3.63, 3.8) is 0 Å². The predicted octanol–water partition coefficient (Wildman–Crippen LogP) is 2.49. The summed E-state index contributed by atoms with van der Waals surface area (Å²) in [6, 6.07) is 3.98. The van der Waals surface area contributed by atoms with Crippen molar-refractivity contribution in [3.8, 4) is 0 Å². The van der Waals surface area contributed by atoms with E-state index in [1.54, 1.807) is 35.5 Å². The summed E-state index contributed by atoms with van der Waals surface area (Å²) in [5, 5.41) is 6.21. The molecule has 5 rings (SSSR count). The third-order valence-corrected chi connectivity index (χ3v) is 7.02. The summed E-state index contributed by atoms with van der Waals surface area (Å²) in [7, 11) is 1.80. The molecule has 0 saturated carbocycles. The van der Waals surface area contributed by atoms with Gasteiger partial charge in [-0.15, -0.1) is 11.3 Å². The number of carbonyl (C=O) groups is 1. The van der Waals surface area contributed by atoms with Crippen molar-refractivity contribution in [1.82, 2.24) is 29.5 Å². The molecule has 0 spiro atoms. The highest BCUT2D eigenvalue weighted by atomic mass is 32.1. The fourth-order valence-electron chi connectivity index (χ4n) is 4.57. The third kappa shape index (κ3) is 4.07. The Labute approximate surface area is 184 Å².